The standard InChI is InChI=1S/C13H10N2O7S/c16-14(17)11-7-3-1-5-9(11)13(15(18)19)10-6-2-4-8-12(10)22-23(20)21/h1-8,13H,(H,20,21). The Hall–Kier alpha value is -2.85. The Morgan fingerprint density at radius 1 is 1.00 bits per heavy atom. The number of benzene rings is 2. The molecule has 0 fully saturated rings. The first-order valence-corrected chi connectivity index (χ1v) is 7.20. The second kappa shape index (κ2) is 6.94. The Morgan fingerprint density at radius 2 is 1.57 bits per heavy atom. The minimum Gasteiger partial charge on any atom is -0.380 e. The molecular weight excluding hydrogens is 328 g/mol. The van der Waals surface area contributed by atoms with Gasteiger partial charge in [0.25, 0.3) is 11.7 Å². The van der Waals surface area contributed by atoms with Crippen LogP contribution in [0.3, 0.4) is 0 Å². The van der Waals surface area contributed by atoms with E-state index in [2.05, 4.69) is 4.18 Å². The van der Waals surface area contributed by atoms with Crippen LogP contribution in [-0.2, 0) is 11.4 Å². The maximum absolute atomic E-state index is 11.5. The first-order chi connectivity index (χ1) is 10.9. The summed E-state index contributed by atoms with van der Waals surface area (Å²) in [6.45, 7) is 0. The predicted molar refractivity (Wildman–Crippen MR) is 79.8 cm³/mol. The summed E-state index contributed by atoms with van der Waals surface area (Å²) in [6.07, 6.45) is 0. The highest BCUT2D eigenvalue weighted by atomic mass is 32.2. The fourth-order valence-corrected chi connectivity index (χ4v) is 2.44. The molecule has 0 saturated carbocycles. The first-order valence-electron chi connectivity index (χ1n) is 6.16. The van der Waals surface area contributed by atoms with E-state index in [0.29, 0.717) is 0 Å². The van der Waals surface area contributed by atoms with E-state index in [1.807, 2.05) is 0 Å². The summed E-state index contributed by atoms with van der Waals surface area (Å²) in [5.74, 6) is -0.201. The second-order valence-corrected chi connectivity index (χ2v) is 4.94. The van der Waals surface area contributed by atoms with Crippen molar-refractivity contribution in [2.75, 3.05) is 0 Å². The highest BCUT2D eigenvalue weighted by molar-refractivity contribution is 7.74. The molecular formula is C13H10N2O7S. The fourth-order valence-electron chi connectivity index (χ4n) is 2.14. The lowest BCUT2D eigenvalue weighted by molar-refractivity contribution is -0.519. The van der Waals surface area contributed by atoms with Crippen molar-refractivity contribution in [2.45, 2.75) is 6.04 Å². The molecule has 0 aliphatic carbocycles. The number of nitro groups is 2. The van der Waals surface area contributed by atoms with Crippen LogP contribution in [0.25, 0.3) is 0 Å². The summed E-state index contributed by atoms with van der Waals surface area (Å²) in [6, 6.07) is 9.14. The SMILES string of the molecule is O=[N+]([O-])c1ccccc1C(c1ccccc1OS(=O)O)[N+](=O)[O-]. The molecule has 2 unspecified atom stereocenters. The molecule has 0 heterocycles. The minimum atomic E-state index is -2.68. The van der Waals surface area contributed by atoms with Crippen LogP contribution in [0.1, 0.15) is 17.2 Å². The van der Waals surface area contributed by atoms with Crippen LogP contribution >= 0.6 is 0 Å². The van der Waals surface area contributed by atoms with Crippen LogP contribution in [0, 0.1) is 20.2 Å². The molecule has 0 aromatic heterocycles. The van der Waals surface area contributed by atoms with Gasteiger partial charge in [-0.2, -0.15) is 4.21 Å². The lowest BCUT2D eigenvalue weighted by Crippen LogP contribution is -2.15. The maximum Gasteiger partial charge on any atom is 0.357 e. The first kappa shape index (κ1) is 16.5. The summed E-state index contributed by atoms with van der Waals surface area (Å²) in [5, 5.41) is 22.6. The van der Waals surface area contributed by atoms with Gasteiger partial charge in [0, 0.05) is 11.0 Å². The van der Waals surface area contributed by atoms with E-state index in [1.54, 1.807) is 0 Å². The average Bonchev–Trinajstić information content (AvgIpc) is 2.48. The molecule has 10 heteroatoms. The third-order valence-corrected chi connectivity index (χ3v) is 3.34. The molecule has 9 nitrogen and oxygen atoms in total. The van der Waals surface area contributed by atoms with Crippen molar-refractivity contribution in [3.8, 4) is 5.75 Å². The van der Waals surface area contributed by atoms with Crippen molar-refractivity contribution in [1.82, 2.24) is 0 Å². The Kier molecular flexibility index (Phi) is 4.98. The molecule has 0 saturated heterocycles. The molecule has 23 heavy (non-hydrogen) atoms. The van der Waals surface area contributed by atoms with E-state index >= 15 is 0 Å². The van der Waals surface area contributed by atoms with Crippen LogP contribution in [0.2, 0.25) is 0 Å². The number of nitrogens with zero attached hydrogens (tertiary/aromatic N) is 2. The van der Waals surface area contributed by atoms with Gasteiger partial charge in [0.05, 0.1) is 10.5 Å². The van der Waals surface area contributed by atoms with E-state index in [-0.39, 0.29) is 16.9 Å². The molecule has 2 aromatic rings. The van der Waals surface area contributed by atoms with Crippen LogP contribution in [0.4, 0.5) is 5.69 Å². The molecule has 0 amide bonds. The van der Waals surface area contributed by atoms with Crippen molar-refractivity contribution in [1.29, 1.82) is 0 Å². The zero-order valence-corrected chi connectivity index (χ0v) is 12.2. The molecule has 2 rings (SSSR count). The zero-order chi connectivity index (χ0) is 17.0. The number of hydrogen-bond acceptors (Lipinski definition) is 6. The van der Waals surface area contributed by atoms with Gasteiger partial charge < -0.3 is 4.18 Å². The highest BCUT2D eigenvalue weighted by Gasteiger charge is 2.34. The van der Waals surface area contributed by atoms with Gasteiger partial charge in [-0.1, -0.05) is 24.3 Å². The van der Waals surface area contributed by atoms with E-state index in [0.717, 1.165) is 6.07 Å². The van der Waals surface area contributed by atoms with Gasteiger partial charge in [0.15, 0.2) is 5.75 Å². The topological polar surface area (TPSA) is 133 Å². The van der Waals surface area contributed by atoms with Crippen LogP contribution in [-0.4, -0.2) is 18.6 Å². The molecule has 2 aromatic carbocycles. The van der Waals surface area contributed by atoms with Crippen molar-refractivity contribution in [2.24, 2.45) is 0 Å². The summed E-state index contributed by atoms with van der Waals surface area (Å²) in [4.78, 5) is 21.2. The Morgan fingerprint density at radius 3 is 2.13 bits per heavy atom. The average molecular weight is 338 g/mol. The summed E-state index contributed by atoms with van der Waals surface area (Å²) in [5.41, 5.74) is -0.634. The highest BCUT2D eigenvalue weighted by Crippen LogP contribution is 2.36. The molecule has 120 valence electrons. The van der Waals surface area contributed by atoms with Gasteiger partial charge in [0.2, 0.25) is 0 Å². The van der Waals surface area contributed by atoms with E-state index < -0.39 is 32.9 Å². The normalized spacial score (nSPS) is 13.1. The lowest BCUT2D eigenvalue weighted by Gasteiger charge is -2.13. The largest absolute Gasteiger partial charge is 0.380 e. The van der Waals surface area contributed by atoms with Gasteiger partial charge in [-0.25, -0.2) is 0 Å². The Labute approximate surface area is 132 Å². The predicted octanol–water partition coefficient (Wildman–Crippen LogP) is 2.48. The molecule has 0 spiro atoms. The van der Waals surface area contributed by atoms with Crippen molar-refractivity contribution in [3.63, 3.8) is 0 Å². The Bertz CT molecular complexity index is 780. The van der Waals surface area contributed by atoms with Crippen molar-refractivity contribution < 1.29 is 22.8 Å². The van der Waals surface area contributed by atoms with Crippen LogP contribution in [0.5, 0.6) is 5.75 Å². The third-order valence-electron chi connectivity index (χ3n) is 3.01. The van der Waals surface area contributed by atoms with Crippen molar-refractivity contribution >= 4 is 17.0 Å². The molecule has 0 aliphatic rings. The van der Waals surface area contributed by atoms with Gasteiger partial charge in [0.1, 0.15) is 5.56 Å². The van der Waals surface area contributed by atoms with E-state index in [9.17, 15) is 24.4 Å². The monoisotopic (exact) mass is 338 g/mol. The van der Waals surface area contributed by atoms with Gasteiger partial charge in [-0.3, -0.25) is 24.8 Å². The number of rotatable bonds is 6. The van der Waals surface area contributed by atoms with E-state index in [4.69, 9.17) is 4.55 Å². The third kappa shape index (κ3) is 3.67. The van der Waals surface area contributed by atoms with Gasteiger partial charge in [-0.05, 0) is 18.2 Å². The molecule has 0 radical (unpaired) electrons. The molecule has 1 N–H and O–H groups in total. The summed E-state index contributed by atoms with van der Waals surface area (Å²) < 4.78 is 24.3. The maximum atomic E-state index is 11.5. The zero-order valence-electron chi connectivity index (χ0n) is 11.4. The number of hydrogen-bond donors (Lipinski definition) is 1. The van der Waals surface area contributed by atoms with Crippen molar-refractivity contribution in [3.05, 3.63) is 79.9 Å². The van der Waals surface area contributed by atoms with Gasteiger partial charge >= 0.3 is 11.4 Å². The Balaban J connectivity index is 2.64. The smallest absolute Gasteiger partial charge is 0.357 e. The quantitative estimate of drug-likeness (QED) is 0.486. The lowest BCUT2D eigenvalue weighted by atomic mass is 9.97. The molecule has 0 bridgehead atoms. The number of para-hydroxylation sites is 2. The molecule has 2 atom stereocenters. The summed E-state index contributed by atoms with van der Waals surface area (Å²) >= 11 is -2.68. The molecule has 0 aliphatic heterocycles. The fraction of sp³-hybridized carbons (Fsp3) is 0.0769. The summed E-state index contributed by atoms with van der Waals surface area (Å²) in [7, 11) is 0. The second-order valence-electron chi connectivity index (χ2n) is 4.34. The number of nitro benzene ring substituents is 1. The minimum absolute atomic E-state index is 0.0609. The van der Waals surface area contributed by atoms with E-state index in [1.165, 1.54) is 42.5 Å². The van der Waals surface area contributed by atoms with Crippen LogP contribution < -0.4 is 4.18 Å². The van der Waals surface area contributed by atoms with Crippen LogP contribution in [0.15, 0.2) is 48.5 Å². The van der Waals surface area contributed by atoms with Gasteiger partial charge in [-0.15, -0.1) is 0 Å².